The van der Waals surface area contributed by atoms with E-state index in [0.717, 1.165) is 23.9 Å². The lowest BCUT2D eigenvalue weighted by Gasteiger charge is -2.18. The Bertz CT molecular complexity index is 1470. The van der Waals surface area contributed by atoms with Gasteiger partial charge in [0.15, 0.2) is 0 Å². The predicted molar refractivity (Wildman–Crippen MR) is 130 cm³/mol. The summed E-state index contributed by atoms with van der Waals surface area (Å²) in [6, 6.07) is 13.2. The summed E-state index contributed by atoms with van der Waals surface area (Å²) in [5, 5.41) is 0. The van der Waals surface area contributed by atoms with Gasteiger partial charge in [0, 0.05) is 23.7 Å². The van der Waals surface area contributed by atoms with Gasteiger partial charge in [-0.25, -0.2) is 18.2 Å². The number of fused-ring (bicyclic) bond motifs is 1. The molecule has 5 rings (SSSR count). The number of halogens is 3. The van der Waals surface area contributed by atoms with Gasteiger partial charge < -0.3 is 14.4 Å². The van der Waals surface area contributed by atoms with Crippen molar-refractivity contribution in [2.24, 2.45) is 0 Å². The van der Waals surface area contributed by atoms with Crippen LogP contribution >= 0.6 is 0 Å². The fourth-order valence-electron chi connectivity index (χ4n) is 4.47. The van der Waals surface area contributed by atoms with Gasteiger partial charge in [0.25, 0.3) is 5.91 Å². The van der Waals surface area contributed by atoms with Crippen LogP contribution in [-0.4, -0.2) is 35.0 Å². The van der Waals surface area contributed by atoms with E-state index in [1.165, 1.54) is 31.4 Å². The molecule has 0 N–H and O–H groups in total. The highest BCUT2D eigenvalue weighted by Crippen LogP contribution is 2.34. The van der Waals surface area contributed by atoms with E-state index in [9.17, 15) is 18.0 Å². The minimum atomic E-state index is -0.762. The molecule has 1 aliphatic heterocycles. The van der Waals surface area contributed by atoms with Crippen LogP contribution in [0.15, 0.2) is 60.8 Å². The summed E-state index contributed by atoms with van der Waals surface area (Å²) in [6.45, 7) is 0.358. The number of carbonyl (C=O) groups is 1. The highest BCUT2D eigenvalue weighted by molar-refractivity contribution is 5.99. The largest absolute Gasteiger partial charge is 0.497 e. The van der Waals surface area contributed by atoms with Crippen molar-refractivity contribution in [1.82, 2.24) is 14.9 Å². The Hall–Kier alpha value is -4.40. The average molecular weight is 505 g/mol. The lowest BCUT2D eigenvalue weighted by atomic mass is 9.98. The van der Waals surface area contributed by atoms with Crippen molar-refractivity contribution in [2.45, 2.75) is 19.5 Å². The number of pyridine rings is 2. The quantitative estimate of drug-likeness (QED) is 0.340. The summed E-state index contributed by atoms with van der Waals surface area (Å²) in [5.41, 5.74) is 2.29. The maximum Gasteiger partial charge on any atom is 0.256 e. The summed E-state index contributed by atoms with van der Waals surface area (Å²) >= 11 is 0. The number of methoxy groups -OCH3 is 2. The molecule has 1 amide bonds. The highest BCUT2D eigenvalue weighted by Gasteiger charge is 2.33. The molecule has 0 unspecified atom stereocenters. The third kappa shape index (κ3) is 4.72. The second-order valence-corrected chi connectivity index (χ2v) is 8.57. The van der Waals surface area contributed by atoms with Gasteiger partial charge >= 0.3 is 0 Å². The first-order valence-corrected chi connectivity index (χ1v) is 11.5. The van der Waals surface area contributed by atoms with E-state index < -0.39 is 17.5 Å². The second kappa shape index (κ2) is 9.93. The molecule has 0 saturated carbocycles. The highest BCUT2D eigenvalue weighted by atomic mass is 19.1. The molecule has 188 valence electrons. The number of nitrogens with zero attached hydrogens (tertiary/aromatic N) is 3. The van der Waals surface area contributed by atoms with E-state index in [4.69, 9.17) is 9.47 Å². The molecule has 37 heavy (non-hydrogen) atoms. The van der Waals surface area contributed by atoms with E-state index in [-0.39, 0.29) is 36.7 Å². The molecular weight excluding hydrogens is 483 g/mol. The molecule has 1 aliphatic rings. The zero-order valence-electron chi connectivity index (χ0n) is 20.1. The molecule has 0 bridgehead atoms. The van der Waals surface area contributed by atoms with Crippen LogP contribution in [0.2, 0.25) is 0 Å². The number of benzene rings is 2. The van der Waals surface area contributed by atoms with Crippen molar-refractivity contribution in [1.29, 1.82) is 0 Å². The van der Waals surface area contributed by atoms with Gasteiger partial charge in [0.1, 0.15) is 29.0 Å². The molecule has 9 heteroatoms. The Morgan fingerprint density at radius 1 is 0.919 bits per heavy atom. The Kier molecular flexibility index (Phi) is 6.52. The molecule has 0 radical (unpaired) electrons. The van der Waals surface area contributed by atoms with Gasteiger partial charge in [-0.15, -0.1) is 0 Å². The summed E-state index contributed by atoms with van der Waals surface area (Å²) in [5.74, 6) is -1.12. The lowest BCUT2D eigenvalue weighted by molar-refractivity contribution is 0.0764. The van der Waals surface area contributed by atoms with Crippen molar-refractivity contribution in [3.8, 4) is 22.8 Å². The topological polar surface area (TPSA) is 64.5 Å². The van der Waals surface area contributed by atoms with E-state index in [1.54, 1.807) is 24.1 Å². The van der Waals surface area contributed by atoms with Crippen LogP contribution in [-0.2, 0) is 19.5 Å². The van der Waals surface area contributed by atoms with Gasteiger partial charge in [-0.2, -0.15) is 0 Å². The molecule has 2 aromatic heterocycles. The summed E-state index contributed by atoms with van der Waals surface area (Å²) in [4.78, 5) is 23.7. The molecule has 3 heterocycles. The first kappa shape index (κ1) is 24.3. The lowest BCUT2D eigenvalue weighted by Crippen LogP contribution is -2.24. The van der Waals surface area contributed by atoms with Gasteiger partial charge in [0.05, 0.1) is 56.0 Å². The van der Waals surface area contributed by atoms with Crippen LogP contribution in [0.3, 0.4) is 0 Å². The van der Waals surface area contributed by atoms with E-state index in [2.05, 4.69) is 9.97 Å². The number of carbonyl (C=O) groups excluding carboxylic acids is 1. The fourth-order valence-corrected chi connectivity index (χ4v) is 4.47. The third-order valence-electron chi connectivity index (χ3n) is 6.25. The zero-order chi connectivity index (χ0) is 26.1. The molecule has 0 saturated heterocycles. The predicted octanol–water partition coefficient (Wildman–Crippen LogP) is 5.32. The van der Waals surface area contributed by atoms with Crippen LogP contribution < -0.4 is 9.47 Å². The number of ether oxygens (including phenoxy) is 2. The Morgan fingerprint density at radius 2 is 1.70 bits per heavy atom. The van der Waals surface area contributed by atoms with Gasteiger partial charge in [-0.05, 0) is 48.0 Å². The van der Waals surface area contributed by atoms with Crippen molar-refractivity contribution < 1.29 is 27.4 Å². The minimum absolute atomic E-state index is 0.0724. The van der Waals surface area contributed by atoms with Crippen molar-refractivity contribution >= 4 is 5.91 Å². The molecule has 4 aromatic rings. The molecule has 0 aliphatic carbocycles. The standard InChI is InChI=1S/C28H22F3N3O3/c1-36-20-9-6-16(25(12-20)37-2)14-34-15-24-26(28(34)35)17(10-19-8-7-18(29)13-32-19)11-23(33-24)27-21(30)4-3-5-22(27)31/h3-9,11-13H,10,14-15H2,1-2H3. The van der Waals surface area contributed by atoms with Crippen molar-refractivity contribution in [3.63, 3.8) is 0 Å². The van der Waals surface area contributed by atoms with Crippen LogP contribution in [0.5, 0.6) is 11.5 Å². The smallest absolute Gasteiger partial charge is 0.256 e. The number of hydrogen-bond donors (Lipinski definition) is 0. The van der Waals surface area contributed by atoms with E-state index >= 15 is 0 Å². The summed E-state index contributed by atoms with van der Waals surface area (Å²) < 4.78 is 53.4. The van der Waals surface area contributed by atoms with Crippen LogP contribution in [0.25, 0.3) is 11.3 Å². The molecule has 2 aromatic carbocycles. The SMILES string of the molecule is COc1ccc(CN2Cc3nc(-c4c(F)cccc4F)cc(Cc4ccc(F)cn4)c3C2=O)c(OC)c1. The maximum absolute atomic E-state index is 14.6. The number of aromatic nitrogens is 2. The number of hydrogen-bond acceptors (Lipinski definition) is 5. The van der Waals surface area contributed by atoms with Crippen LogP contribution in [0, 0.1) is 17.5 Å². The van der Waals surface area contributed by atoms with Crippen molar-refractivity contribution in [2.75, 3.05) is 14.2 Å². The maximum atomic E-state index is 14.6. The Morgan fingerprint density at radius 3 is 2.38 bits per heavy atom. The molecule has 6 nitrogen and oxygen atoms in total. The second-order valence-electron chi connectivity index (χ2n) is 8.57. The minimum Gasteiger partial charge on any atom is -0.497 e. The molecule has 0 atom stereocenters. The van der Waals surface area contributed by atoms with Crippen molar-refractivity contribution in [3.05, 3.63) is 106 Å². The first-order valence-electron chi connectivity index (χ1n) is 11.5. The monoisotopic (exact) mass is 505 g/mol. The summed E-state index contributed by atoms with van der Waals surface area (Å²) in [7, 11) is 3.08. The molecular formula is C28H22F3N3O3. The Balaban J connectivity index is 1.56. The average Bonchev–Trinajstić information content (AvgIpc) is 3.20. The normalized spacial score (nSPS) is 12.6. The molecule has 0 fully saturated rings. The zero-order valence-corrected chi connectivity index (χ0v) is 20.1. The number of rotatable bonds is 7. The van der Waals surface area contributed by atoms with Gasteiger partial charge in [-0.3, -0.25) is 9.78 Å². The molecule has 0 spiro atoms. The van der Waals surface area contributed by atoms with Crippen LogP contribution in [0.1, 0.15) is 32.9 Å². The van der Waals surface area contributed by atoms with E-state index in [0.29, 0.717) is 34.0 Å². The van der Waals surface area contributed by atoms with Gasteiger partial charge in [0.2, 0.25) is 0 Å². The fraction of sp³-hybridized carbons (Fsp3) is 0.179. The third-order valence-corrected chi connectivity index (χ3v) is 6.25. The van der Waals surface area contributed by atoms with Gasteiger partial charge in [-0.1, -0.05) is 6.07 Å². The Labute approximate surface area is 211 Å². The number of amides is 1. The van der Waals surface area contributed by atoms with Crippen LogP contribution in [0.4, 0.5) is 13.2 Å². The summed E-state index contributed by atoms with van der Waals surface area (Å²) in [6.07, 6.45) is 1.23. The van der Waals surface area contributed by atoms with E-state index in [1.807, 2.05) is 6.07 Å². The first-order chi connectivity index (χ1) is 17.9.